The van der Waals surface area contributed by atoms with Gasteiger partial charge < -0.3 is 14.2 Å². The van der Waals surface area contributed by atoms with Gasteiger partial charge in [-0.3, -0.25) is 14.4 Å². The largest absolute Gasteiger partial charge is 0.462 e. The Labute approximate surface area is 474 Å². The second kappa shape index (κ2) is 63.8. The Morgan fingerprint density at radius 1 is 0.286 bits per heavy atom. The maximum atomic E-state index is 12.9. The molecule has 0 saturated heterocycles. The van der Waals surface area contributed by atoms with E-state index in [0.29, 0.717) is 6.42 Å². The van der Waals surface area contributed by atoms with E-state index in [9.17, 15) is 14.4 Å². The summed E-state index contributed by atoms with van der Waals surface area (Å²) in [6, 6.07) is 0. The summed E-state index contributed by atoms with van der Waals surface area (Å²) in [7, 11) is 0. The average molecular weight is 1060 g/mol. The minimum absolute atomic E-state index is 0.115. The molecule has 0 N–H and O–H groups in total. The Bertz CT molecular complexity index is 1700. The van der Waals surface area contributed by atoms with Crippen molar-refractivity contribution in [3.8, 4) is 0 Å². The first-order valence-electron chi connectivity index (χ1n) is 31.3. The van der Waals surface area contributed by atoms with Crippen LogP contribution in [0.5, 0.6) is 0 Å². The molecular weight excluding hydrogens is 949 g/mol. The lowest BCUT2D eigenvalue weighted by molar-refractivity contribution is -0.166. The van der Waals surface area contributed by atoms with E-state index in [1.54, 1.807) is 6.08 Å². The molecule has 1 unspecified atom stereocenters. The summed E-state index contributed by atoms with van der Waals surface area (Å²) in [4.78, 5) is 38.2. The van der Waals surface area contributed by atoms with Crippen LogP contribution in [0.25, 0.3) is 0 Å². The summed E-state index contributed by atoms with van der Waals surface area (Å²) in [5.74, 6) is -1.09. The number of unbranched alkanes of at least 4 members (excludes halogenated alkanes) is 21. The van der Waals surface area contributed by atoms with E-state index in [4.69, 9.17) is 14.2 Å². The number of hydrogen-bond donors (Lipinski definition) is 0. The Kier molecular flexibility index (Phi) is 59.9. The fourth-order valence-corrected chi connectivity index (χ4v) is 8.22. The summed E-state index contributed by atoms with van der Waals surface area (Å²) in [6.45, 7) is 6.29. The number of rotatable bonds is 55. The zero-order valence-corrected chi connectivity index (χ0v) is 49.7. The zero-order chi connectivity index (χ0) is 55.7. The molecule has 0 amide bonds. The van der Waals surface area contributed by atoms with E-state index in [0.717, 1.165) is 122 Å². The third kappa shape index (κ3) is 62.0. The monoisotopic (exact) mass is 1060 g/mol. The topological polar surface area (TPSA) is 78.9 Å². The third-order valence-electron chi connectivity index (χ3n) is 12.8. The first-order chi connectivity index (χ1) is 38.0. The van der Waals surface area contributed by atoms with Crippen LogP contribution in [0.3, 0.4) is 0 Å². The van der Waals surface area contributed by atoms with Gasteiger partial charge in [-0.25, -0.2) is 0 Å². The molecule has 0 bridgehead atoms. The lowest BCUT2D eigenvalue weighted by Crippen LogP contribution is -2.30. The van der Waals surface area contributed by atoms with Crippen molar-refractivity contribution in [1.82, 2.24) is 0 Å². The number of hydrogen-bond acceptors (Lipinski definition) is 6. The zero-order valence-electron chi connectivity index (χ0n) is 49.7. The normalized spacial score (nSPS) is 13.1. The quantitative estimate of drug-likeness (QED) is 0.0261. The molecule has 0 aromatic heterocycles. The van der Waals surface area contributed by atoms with Crippen LogP contribution < -0.4 is 0 Å². The molecule has 0 fully saturated rings. The van der Waals surface area contributed by atoms with E-state index >= 15 is 0 Å². The highest BCUT2D eigenvalue weighted by atomic mass is 16.6. The minimum atomic E-state index is -0.839. The van der Waals surface area contributed by atoms with Crippen LogP contribution in [0.1, 0.15) is 265 Å². The first kappa shape index (κ1) is 72.3. The molecule has 0 radical (unpaired) electrons. The first-order valence-corrected chi connectivity index (χ1v) is 31.3. The van der Waals surface area contributed by atoms with Gasteiger partial charge in [0.15, 0.2) is 6.10 Å². The van der Waals surface area contributed by atoms with Gasteiger partial charge in [0, 0.05) is 12.8 Å². The van der Waals surface area contributed by atoms with Crippen molar-refractivity contribution < 1.29 is 28.6 Å². The number of carbonyl (C=O) groups excluding carboxylic acids is 3. The van der Waals surface area contributed by atoms with Gasteiger partial charge in [0.25, 0.3) is 0 Å². The highest BCUT2D eigenvalue weighted by molar-refractivity contribution is 5.72. The van der Waals surface area contributed by atoms with Crippen molar-refractivity contribution in [3.63, 3.8) is 0 Å². The molecule has 0 aliphatic heterocycles. The van der Waals surface area contributed by atoms with E-state index in [2.05, 4.69) is 154 Å². The molecule has 0 rings (SSSR count). The molecule has 0 heterocycles. The van der Waals surface area contributed by atoms with Crippen LogP contribution in [0.2, 0.25) is 0 Å². The van der Waals surface area contributed by atoms with Gasteiger partial charge >= 0.3 is 17.9 Å². The summed E-state index contributed by atoms with van der Waals surface area (Å²) in [6.07, 6.45) is 91.7. The molecule has 6 heteroatoms. The third-order valence-corrected chi connectivity index (χ3v) is 12.8. The Hall–Kier alpha value is -4.71. The second-order valence-electron chi connectivity index (χ2n) is 20.2. The van der Waals surface area contributed by atoms with Gasteiger partial charge in [-0.2, -0.15) is 0 Å². The molecule has 0 aromatic rings. The van der Waals surface area contributed by atoms with Crippen molar-refractivity contribution in [2.75, 3.05) is 13.2 Å². The molecular formula is C71H114O6. The SMILES string of the molecule is CC/C=C\C/C=C\C/C=C\C/C=C\C/C=C\CC(=O)OCC(COC(=O)CCCCCCCCCCCCCC/C=C\C/C=C\C/C=C\CCCCCCC)OC(=O)CCCCCC/C=C\C/C=C\C/C=C\C/C=C\CC. The summed E-state index contributed by atoms with van der Waals surface area (Å²) >= 11 is 0. The highest BCUT2D eigenvalue weighted by Crippen LogP contribution is 2.15. The van der Waals surface area contributed by atoms with Crippen LogP contribution in [0.15, 0.2) is 146 Å². The van der Waals surface area contributed by atoms with Crippen LogP contribution in [0, 0.1) is 0 Å². The van der Waals surface area contributed by atoms with Gasteiger partial charge in [0.05, 0.1) is 6.42 Å². The molecule has 6 nitrogen and oxygen atoms in total. The highest BCUT2D eigenvalue weighted by Gasteiger charge is 2.19. The molecule has 0 aromatic carbocycles. The van der Waals surface area contributed by atoms with Crippen molar-refractivity contribution in [1.29, 1.82) is 0 Å². The van der Waals surface area contributed by atoms with Gasteiger partial charge in [0.1, 0.15) is 13.2 Å². The molecule has 434 valence electrons. The van der Waals surface area contributed by atoms with Gasteiger partial charge in [-0.05, 0) is 122 Å². The maximum absolute atomic E-state index is 12.9. The Morgan fingerprint density at radius 3 is 0.909 bits per heavy atom. The van der Waals surface area contributed by atoms with Crippen molar-refractivity contribution >= 4 is 17.9 Å². The Balaban J connectivity index is 4.43. The smallest absolute Gasteiger partial charge is 0.309 e. The van der Waals surface area contributed by atoms with Gasteiger partial charge in [0.2, 0.25) is 0 Å². The molecule has 0 spiro atoms. The van der Waals surface area contributed by atoms with Crippen molar-refractivity contribution in [2.24, 2.45) is 0 Å². The van der Waals surface area contributed by atoms with Crippen LogP contribution in [0.4, 0.5) is 0 Å². The van der Waals surface area contributed by atoms with Crippen molar-refractivity contribution in [3.05, 3.63) is 146 Å². The summed E-state index contributed by atoms with van der Waals surface area (Å²) in [5.41, 5.74) is 0. The Morgan fingerprint density at radius 2 is 0.558 bits per heavy atom. The van der Waals surface area contributed by atoms with Gasteiger partial charge in [-0.1, -0.05) is 269 Å². The summed E-state index contributed by atoms with van der Waals surface area (Å²) < 4.78 is 16.8. The summed E-state index contributed by atoms with van der Waals surface area (Å²) in [5, 5.41) is 0. The van der Waals surface area contributed by atoms with E-state index in [-0.39, 0.29) is 38.0 Å². The molecule has 0 aliphatic rings. The van der Waals surface area contributed by atoms with Gasteiger partial charge in [-0.15, -0.1) is 0 Å². The second-order valence-corrected chi connectivity index (χ2v) is 20.2. The van der Waals surface area contributed by atoms with Crippen LogP contribution >= 0.6 is 0 Å². The average Bonchev–Trinajstić information content (AvgIpc) is 3.43. The molecule has 77 heavy (non-hydrogen) atoms. The number of ether oxygens (including phenoxy) is 3. The fourth-order valence-electron chi connectivity index (χ4n) is 8.22. The molecule has 0 saturated carbocycles. The number of esters is 3. The lowest BCUT2D eigenvalue weighted by Gasteiger charge is -2.18. The predicted molar refractivity (Wildman–Crippen MR) is 334 cm³/mol. The van der Waals surface area contributed by atoms with E-state index < -0.39 is 12.1 Å². The number of carbonyl (C=O) groups is 3. The minimum Gasteiger partial charge on any atom is -0.462 e. The van der Waals surface area contributed by atoms with E-state index in [1.807, 2.05) is 6.08 Å². The molecule has 0 aliphatic carbocycles. The van der Waals surface area contributed by atoms with Crippen molar-refractivity contribution in [2.45, 2.75) is 271 Å². The lowest BCUT2D eigenvalue weighted by atomic mass is 10.0. The molecule has 1 atom stereocenters. The fraction of sp³-hybridized carbons (Fsp3) is 0.620. The van der Waals surface area contributed by atoms with Crippen LogP contribution in [-0.2, 0) is 28.6 Å². The predicted octanol–water partition coefficient (Wildman–Crippen LogP) is 21.5. The van der Waals surface area contributed by atoms with E-state index in [1.165, 1.54) is 103 Å². The maximum Gasteiger partial charge on any atom is 0.309 e. The standard InChI is InChI=1S/C71H114O6/c1-4-7-10-13-16-19-22-25-28-30-31-32-33-34-35-36-37-38-39-41-43-46-49-52-55-58-61-64-70(73)76-67-68(66-75-69(72)63-60-57-54-51-48-45-42-27-24-21-18-15-12-9-6-3)77-71(74)65-62-59-56-53-50-47-44-40-29-26-23-20-17-14-11-8-5-2/h8-9,11-12,17-18,20-22,25-27,29-31,33-34,42,44,47-48,51,57,60,68H,4-7,10,13-16,19,23-24,28,32,35-41,43,45-46,49-50,52-56,58-59,61-67H2,1-3H3/b11-8-,12-9-,20-17-,21-18-,25-22-,29-26-,31-30-,34-33-,42-27-,47-44-,51-48-,60-57-. The van der Waals surface area contributed by atoms with Crippen LogP contribution in [-0.4, -0.2) is 37.2 Å². The number of allylic oxidation sites excluding steroid dienone is 23.